The van der Waals surface area contributed by atoms with Crippen molar-refractivity contribution in [2.24, 2.45) is 0 Å². The number of hydrogen-bond acceptors (Lipinski definition) is 7. The molecule has 9 heteroatoms. The van der Waals surface area contributed by atoms with Gasteiger partial charge in [0.15, 0.2) is 5.76 Å². The van der Waals surface area contributed by atoms with Gasteiger partial charge in [0.05, 0.1) is 16.1 Å². The fourth-order valence-corrected chi connectivity index (χ4v) is 3.52. The molecule has 0 saturated carbocycles. The summed E-state index contributed by atoms with van der Waals surface area (Å²) in [6.07, 6.45) is 3.25. The first kappa shape index (κ1) is 16.3. The van der Waals surface area contributed by atoms with Crippen LogP contribution in [0.2, 0.25) is 0 Å². The van der Waals surface area contributed by atoms with E-state index in [1.54, 1.807) is 24.3 Å². The van der Waals surface area contributed by atoms with Crippen LogP contribution in [0.25, 0.3) is 0 Å². The van der Waals surface area contributed by atoms with Crippen molar-refractivity contribution >= 4 is 44.6 Å². The van der Waals surface area contributed by atoms with Crippen molar-refractivity contribution in [2.45, 2.75) is 19.8 Å². The molecule has 0 spiro atoms. The van der Waals surface area contributed by atoms with E-state index in [2.05, 4.69) is 27.8 Å². The third kappa shape index (κ3) is 3.87. The van der Waals surface area contributed by atoms with E-state index in [0.717, 1.165) is 17.8 Å². The van der Waals surface area contributed by atoms with Crippen molar-refractivity contribution in [3.63, 3.8) is 0 Å². The molecule has 3 heterocycles. The summed E-state index contributed by atoms with van der Waals surface area (Å²) in [7, 11) is 0. The Morgan fingerprint density at radius 2 is 2.00 bits per heavy atom. The minimum atomic E-state index is -0.359. The number of aromatic nitrogens is 2. The second-order valence-corrected chi connectivity index (χ2v) is 6.95. The molecule has 0 atom stereocenters. The number of carbonyl (C=O) groups excluding carboxylic acids is 2. The average Bonchev–Trinajstić information content (AvgIpc) is 3.28. The third-order valence-electron chi connectivity index (χ3n) is 2.96. The summed E-state index contributed by atoms with van der Waals surface area (Å²) in [6.45, 7) is 2.06. The lowest BCUT2D eigenvalue weighted by Crippen LogP contribution is -2.10. The lowest BCUT2D eigenvalue weighted by Gasteiger charge is -1.99. The summed E-state index contributed by atoms with van der Waals surface area (Å²) in [5, 5.41) is 15.3. The van der Waals surface area contributed by atoms with Gasteiger partial charge in [-0.05, 0) is 30.7 Å². The first-order valence-corrected chi connectivity index (χ1v) is 8.87. The highest BCUT2D eigenvalue weighted by molar-refractivity contribution is 7.18. The highest BCUT2D eigenvalue weighted by atomic mass is 32.1. The molecule has 3 aromatic rings. The Balaban J connectivity index is 1.61. The highest BCUT2D eigenvalue weighted by Crippen LogP contribution is 2.24. The van der Waals surface area contributed by atoms with Crippen molar-refractivity contribution in [1.82, 2.24) is 10.2 Å². The maximum Gasteiger partial charge on any atom is 0.291 e. The number of aryl methyl sites for hydroxylation is 1. The summed E-state index contributed by atoms with van der Waals surface area (Å²) < 4.78 is 5.02. The van der Waals surface area contributed by atoms with Crippen LogP contribution in [-0.4, -0.2) is 22.0 Å². The van der Waals surface area contributed by atoms with Gasteiger partial charge in [-0.25, -0.2) is 0 Å². The molecule has 0 bridgehead atoms. The molecule has 0 radical (unpaired) electrons. The van der Waals surface area contributed by atoms with Gasteiger partial charge >= 0.3 is 0 Å². The van der Waals surface area contributed by atoms with Gasteiger partial charge in [0.2, 0.25) is 5.13 Å². The van der Waals surface area contributed by atoms with Gasteiger partial charge in [-0.2, -0.15) is 0 Å². The first-order valence-electron chi connectivity index (χ1n) is 7.24. The second-order valence-electron chi connectivity index (χ2n) is 4.80. The van der Waals surface area contributed by atoms with E-state index < -0.39 is 0 Å². The lowest BCUT2D eigenvalue weighted by molar-refractivity contribution is 0.0995. The highest BCUT2D eigenvalue weighted by Gasteiger charge is 2.15. The smallest absolute Gasteiger partial charge is 0.291 e. The van der Waals surface area contributed by atoms with Crippen LogP contribution in [0, 0.1) is 0 Å². The number of amides is 2. The van der Waals surface area contributed by atoms with Crippen LogP contribution < -0.4 is 10.6 Å². The summed E-state index contributed by atoms with van der Waals surface area (Å²) in [5.74, 6) is -0.424. The van der Waals surface area contributed by atoms with Crippen LogP contribution in [0.1, 0.15) is 38.6 Å². The monoisotopic (exact) mass is 362 g/mol. The van der Waals surface area contributed by atoms with Crippen LogP contribution in [0.5, 0.6) is 0 Å². The summed E-state index contributed by atoms with van der Waals surface area (Å²) in [6, 6.07) is 6.52. The summed E-state index contributed by atoms with van der Waals surface area (Å²) in [4.78, 5) is 24.6. The van der Waals surface area contributed by atoms with E-state index in [-0.39, 0.29) is 17.6 Å². The number of nitrogens with zero attached hydrogens (tertiary/aromatic N) is 2. The number of rotatable bonds is 6. The van der Waals surface area contributed by atoms with Gasteiger partial charge in [0.1, 0.15) is 5.01 Å². The first-order chi connectivity index (χ1) is 11.7. The molecule has 24 heavy (non-hydrogen) atoms. The molecule has 3 aromatic heterocycles. The Morgan fingerprint density at radius 3 is 2.75 bits per heavy atom. The molecule has 7 nitrogen and oxygen atoms in total. The molecule has 124 valence electrons. The van der Waals surface area contributed by atoms with E-state index >= 15 is 0 Å². The molecule has 2 amide bonds. The Hall–Kier alpha value is -2.52. The Kier molecular flexibility index (Phi) is 5.02. The van der Waals surface area contributed by atoms with Crippen LogP contribution in [0.4, 0.5) is 10.1 Å². The predicted octanol–water partition coefficient (Wildman–Crippen LogP) is 3.65. The Morgan fingerprint density at radius 1 is 1.12 bits per heavy atom. The van der Waals surface area contributed by atoms with Gasteiger partial charge < -0.3 is 9.73 Å². The topological polar surface area (TPSA) is 97.1 Å². The van der Waals surface area contributed by atoms with Gasteiger partial charge in [0.25, 0.3) is 11.8 Å². The second kappa shape index (κ2) is 7.37. The van der Waals surface area contributed by atoms with Crippen molar-refractivity contribution in [3.8, 4) is 0 Å². The molecule has 0 aliphatic carbocycles. The van der Waals surface area contributed by atoms with Crippen LogP contribution in [0.3, 0.4) is 0 Å². The summed E-state index contributed by atoms with van der Waals surface area (Å²) in [5.41, 5.74) is 0. The van der Waals surface area contributed by atoms with Crippen molar-refractivity contribution in [1.29, 1.82) is 0 Å². The van der Waals surface area contributed by atoms with Gasteiger partial charge in [-0.15, -0.1) is 21.5 Å². The maximum absolute atomic E-state index is 12.2. The molecule has 0 aromatic carbocycles. The number of anilines is 2. The number of nitrogens with one attached hydrogen (secondary N) is 2. The molecule has 0 saturated heterocycles. The van der Waals surface area contributed by atoms with Crippen LogP contribution in [0.15, 0.2) is 34.9 Å². The van der Waals surface area contributed by atoms with Gasteiger partial charge in [0, 0.05) is 6.42 Å². The van der Waals surface area contributed by atoms with Gasteiger partial charge in [-0.3, -0.25) is 14.9 Å². The maximum atomic E-state index is 12.2. The zero-order valence-electron chi connectivity index (χ0n) is 12.7. The number of hydrogen-bond donors (Lipinski definition) is 2. The minimum Gasteiger partial charge on any atom is -0.459 e. The molecule has 0 unspecified atom stereocenters. The quantitative estimate of drug-likeness (QED) is 0.697. The average molecular weight is 362 g/mol. The fraction of sp³-hybridized carbons (Fsp3) is 0.200. The predicted molar refractivity (Wildman–Crippen MR) is 92.8 cm³/mol. The molecule has 0 aliphatic rings. The zero-order valence-corrected chi connectivity index (χ0v) is 14.4. The van der Waals surface area contributed by atoms with Crippen molar-refractivity contribution in [3.05, 3.63) is 46.2 Å². The van der Waals surface area contributed by atoms with E-state index in [9.17, 15) is 9.59 Å². The van der Waals surface area contributed by atoms with Crippen LogP contribution in [-0.2, 0) is 6.42 Å². The number of thiophene rings is 1. The van der Waals surface area contributed by atoms with E-state index in [1.807, 2.05) is 0 Å². The zero-order chi connectivity index (χ0) is 16.9. The molecule has 0 aliphatic heterocycles. The van der Waals surface area contributed by atoms with E-state index in [4.69, 9.17) is 4.42 Å². The lowest BCUT2D eigenvalue weighted by atomic mass is 10.4. The third-order valence-corrected chi connectivity index (χ3v) is 4.86. The molecular formula is C15H14N4O3S2. The molecule has 2 N–H and O–H groups in total. The van der Waals surface area contributed by atoms with Crippen molar-refractivity contribution < 1.29 is 14.0 Å². The summed E-state index contributed by atoms with van der Waals surface area (Å²) >= 11 is 2.54. The normalized spacial score (nSPS) is 10.5. The van der Waals surface area contributed by atoms with Crippen molar-refractivity contribution in [2.75, 3.05) is 10.6 Å². The minimum absolute atomic E-state index is 0.215. The molecule has 0 fully saturated rings. The standard InChI is InChI=1S/C15H14N4O3S2/c1-2-4-12-18-19-15(24-12)17-14(21)10-6-7-11(23-10)16-13(20)9-5-3-8-22-9/h3,5-8H,2,4H2,1H3,(H,16,20)(H,17,19,21). The molecule has 3 rings (SSSR count). The SMILES string of the molecule is CCCc1nnc(NC(=O)c2ccc(NC(=O)c3ccco3)s2)s1. The van der Waals surface area contributed by atoms with E-state index in [0.29, 0.717) is 15.0 Å². The number of furan rings is 1. The largest absolute Gasteiger partial charge is 0.459 e. The Bertz CT molecular complexity index is 839. The van der Waals surface area contributed by atoms with Crippen LogP contribution >= 0.6 is 22.7 Å². The number of carbonyl (C=O) groups is 2. The van der Waals surface area contributed by atoms with E-state index in [1.165, 1.54) is 28.9 Å². The molecular weight excluding hydrogens is 348 g/mol. The fourth-order valence-electron chi connectivity index (χ4n) is 1.89. The Labute approximate surface area is 145 Å². The van der Waals surface area contributed by atoms with Gasteiger partial charge in [-0.1, -0.05) is 18.3 Å².